The average molecular weight is 437 g/mol. The van der Waals surface area contributed by atoms with Crippen LogP contribution in [0, 0.1) is 18.3 Å². The van der Waals surface area contributed by atoms with Gasteiger partial charge in [-0.25, -0.2) is 0 Å². The van der Waals surface area contributed by atoms with E-state index in [-0.39, 0.29) is 36.0 Å². The van der Waals surface area contributed by atoms with E-state index < -0.39 is 29.8 Å². The van der Waals surface area contributed by atoms with Crippen LogP contribution in [0.25, 0.3) is 0 Å². The summed E-state index contributed by atoms with van der Waals surface area (Å²) in [6, 6.07) is -0.167. The molecule has 0 aromatic carbocycles. The lowest BCUT2D eigenvalue weighted by Gasteiger charge is -2.23. The second kappa shape index (κ2) is 10.5. The molecule has 3 N–H and O–H groups in total. The van der Waals surface area contributed by atoms with Gasteiger partial charge in [0.2, 0.25) is 11.8 Å². The second-order valence-electron chi connectivity index (χ2n) is 8.70. The van der Waals surface area contributed by atoms with Gasteiger partial charge >= 0.3 is 0 Å². The van der Waals surface area contributed by atoms with Crippen molar-refractivity contribution in [2.24, 2.45) is 11.3 Å². The van der Waals surface area contributed by atoms with Crippen LogP contribution in [0.15, 0.2) is 10.6 Å². The van der Waals surface area contributed by atoms with Crippen LogP contribution in [0.1, 0.15) is 56.3 Å². The lowest BCUT2D eigenvalue weighted by molar-refractivity contribution is -0.131. The summed E-state index contributed by atoms with van der Waals surface area (Å²) >= 11 is 0. The summed E-state index contributed by atoms with van der Waals surface area (Å²) in [5, 5.41) is 11.3. The molecule has 1 aromatic heterocycles. The molecule has 31 heavy (non-hydrogen) atoms. The monoisotopic (exact) mass is 436 g/mol. The molecule has 2 rings (SSSR count). The smallest absolute Gasteiger partial charge is 0.274 e. The highest BCUT2D eigenvalue weighted by Gasteiger charge is 2.47. The van der Waals surface area contributed by atoms with Crippen molar-refractivity contribution in [1.82, 2.24) is 21.1 Å². The number of Topliss-reactive ketones (excluding diaryl/α,β-unsaturated/α-hetero) is 1. The number of methoxy groups -OCH3 is 1. The van der Waals surface area contributed by atoms with Gasteiger partial charge in [-0.05, 0) is 32.1 Å². The largest absolute Gasteiger partial charge is 0.382 e. The van der Waals surface area contributed by atoms with E-state index in [4.69, 9.17) is 9.26 Å². The number of ether oxygens (including phenoxy) is 1. The first-order valence-electron chi connectivity index (χ1n) is 10.4. The van der Waals surface area contributed by atoms with Gasteiger partial charge in [0.25, 0.3) is 5.91 Å². The number of carbonyl (C=O) groups excluding carboxylic acids is 4. The number of nitrogens with one attached hydrogen (secondary N) is 3. The molecule has 1 heterocycles. The molecule has 0 unspecified atom stereocenters. The molecule has 1 aliphatic rings. The van der Waals surface area contributed by atoms with Crippen molar-refractivity contribution in [3.05, 3.63) is 17.5 Å². The molecule has 1 saturated carbocycles. The fourth-order valence-electron chi connectivity index (χ4n) is 3.15. The minimum Gasteiger partial charge on any atom is -0.382 e. The molecular weight excluding hydrogens is 404 g/mol. The molecule has 1 aliphatic carbocycles. The fourth-order valence-corrected chi connectivity index (χ4v) is 3.15. The van der Waals surface area contributed by atoms with Crippen LogP contribution in [-0.4, -0.2) is 61.0 Å². The molecule has 1 aromatic rings. The van der Waals surface area contributed by atoms with Crippen molar-refractivity contribution < 1.29 is 28.4 Å². The summed E-state index contributed by atoms with van der Waals surface area (Å²) in [6.07, 6.45) is 2.19. The molecule has 10 nitrogen and oxygen atoms in total. The number of hydrogen-bond donors (Lipinski definition) is 3. The summed E-state index contributed by atoms with van der Waals surface area (Å²) in [6.45, 7) is 7.10. The molecule has 172 valence electrons. The van der Waals surface area contributed by atoms with Crippen LogP contribution in [0.5, 0.6) is 0 Å². The number of hydrogen-bond acceptors (Lipinski definition) is 7. The first-order valence-corrected chi connectivity index (χ1v) is 10.4. The molecule has 0 bridgehead atoms. The average Bonchev–Trinajstić information content (AvgIpc) is 3.30. The first-order chi connectivity index (χ1) is 14.6. The second-order valence-corrected chi connectivity index (χ2v) is 8.70. The maximum atomic E-state index is 12.7. The van der Waals surface area contributed by atoms with Crippen molar-refractivity contribution in [2.45, 2.75) is 59.0 Å². The Labute approximate surface area is 181 Å². The van der Waals surface area contributed by atoms with Gasteiger partial charge in [0.15, 0.2) is 11.5 Å². The number of aromatic nitrogens is 1. The zero-order valence-corrected chi connectivity index (χ0v) is 18.7. The molecular formula is C21H32N4O6. The maximum absolute atomic E-state index is 12.7. The van der Waals surface area contributed by atoms with Crippen LogP contribution in [0.3, 0.4) is 0 Å². The maximum Gasteiger partial charge on any atom is 0.274 e. The molecule has 0 aliphatic heterocycles. The topological polar surface area (TPSA) is 140 Å². The van der Waals surface area contributed by atoms with E-state index in [9.17, 15) is 19.2 Å². The SMILES string of the molecule is COC[C@H](NC(=O)c1cc(C)on1)C(=O)NCC(=O)N[C@@H](CC(C)C)C(=O)C1(C)CC1. The molecule has 0 saturated heterocycles. The van der Waals surface area contributed by atoms with E-state index in [0.717, 1.165) is 12.8 Å². The van der Waals surface area contributed by atoms with E-state index in [2.05, 4.69) is 21.1 Å². The predicted molar refractivity (Wildman–Crippen MR) is 111 cm³/mol. The molecule has 0 spiro atoms. The van der Waals surface area contributed by atoms with Crippen molar-refractivity contribution in [1.29, 1.82) is 0 Å². The summed E-state index contributed by atoms with van der Waals surface area (Å²) in [5.74, 6) is -0.933. The van der Waals surface area contributed by atoms with Gasteiger partial charge in [-0.2, -0.15) is 0 Å². The number of carbonyl (C=O) groups is 4. The number of amides is 3. The van der Waals surface area contributed by atoms with E-state index in [1.807, 2.05) is 20.8 Å². The Morgan fingerprint density at radius 3 is 2.39 bits per heavy atom. The van der Waals surface area contributed by atoms with E-state index >= 15 is 0 Å². The third-order valence-corrected chi connectivity index (χ3v) is 5.19. The van der Waals surface area contributed by atoms with Crippen LogP contribution in [0.2, 0.25) is 0 Å². The third-order valence-electron chi connectivity index (χ3n) is 5.19. The third kappa shape index (κ3) is 7.16. The summed E-state index contributed by atoms with van der Waals surface area (Å²) < 4.78 is 9.85. The minimum atomic E-state index is -1.03. The van der Waals surface area contributed by atoms with Crippen molar-refractivity contribution >= 4 is 23.5 Å². The van der Waals surface area contributed by atoms with Crippen molar-refractivity contribution in [3.63, 3.8) is 0 Å². The number of nitrogens with zero attached hydrogens (tertiary/aromatic N) is 1. The normalized spacial score (nSPS) is 16.3. The van der Waals surface area contributed by atoms with Crippen LogP contribution < -0.4 is 16.0 Å². The Morgan fingerprint density at radius 1 is 1.19 bits per heavy atom. The zero-order chi connectivity index (χ0) is 23.2. The number of aryl methyl sites for hydroxylation is 1. The molecule has 2 atom stereocenters. The van der Waals surface area contributed by atoms with Gasteiger partial charge < -0.3 is 25.2 Å². The zero-order valence-electron chi connectivity index (χ0n) is 18.7. The fraction of sp³-hybridized carbons (Fsp3) is 0.667. The Hall–Kier alpha value is -2.75. The number of ketones is 1. The van der Waals surface area contributed by atoms with E-state index in [1.54, 1.807) is 6.92 Å². The molecule has 1 fully saturated rings. The highest BCUT2D eigenvalue weighted by Crippen LogP contribution is 2.46. The van der Waals surface area contributed by atoms with Crippen molar-refractivity contribution in [2.75, 3.05) is 20.3 Å². The lowest BCUT2D eigenvalue weighted by atomic mass is 9.91. The Kier molecular flexibility index (Phi) is 8.32. The predicted octanol–water partition coefficient (Wildman–Crippen LogP) is 0.744. The molecule has 3 amide bonds. The quantitative estimate of drug-likeness (QED) is 0.439. The van der Waals surface area contributed by atoms with Gasteiger partial charge in [-0.1, -0.05) is 25.9 Å². The van der Waals surface area contributed by atoms with Gasteiger partial charge in [0, 0.05) is 18.6 Å². The Balaban J connectivity index is 1.90. The Bertz CT molecular complexity index is 815. The highest BCUT2D eigenvalue weighted by atomic mass is 16.5. The van der Waals surface area contributed by atoms with Crippen molar-refractivity contribution in [3.8, 4) is 0 Å². The van der Waals surface area contributed by atoms with E-state index in [1.165, 1.54) is 13.2 Å². The van der Waals surface area contributed by atoms with Crippen LogP contribution in [-0.2, 0) is 19.1 Å². The van der Waals surface area contributed by atoms with Crippen LogP contribution in [0.4, 0.5) is 0 Å². The van der Waals surface area contributed by atoms with Gasteiger partial charge in [-0.15, -0.1) is 0 Å². The Morgan fingerprint density at radius 2 is 1.87 bits per heavy atom. The minimum absolute atomic E-state index is 0.0350. The van der Waals surface area contributed by atoms with Gasteiger partial charge in [-0.3, -0.25) is 19.2 Å². The first kappa shape index (κ1) is 24.5. The molecule has 0 radical (unpaired) electrons. The van der Waals surface area contributed by atoms with Gasteiger partial charge in [0.1, 0.15) is 11.8 Å². The highest BCUT2D eigenvalue weighted by molar-refractivity contribution is 5.98. The molecule has 10 heteroatoms. The summed E-state index contributed by atoms with van der Waals surface area (Å²) in [5.41, 5.74) is -0.323. The van der Waals surface area contributed by atoms with E-state index in [0.29, 0.717) is 12.2 Å². The summed E-state index contributed by atoms with van der Waals surface area (Å²) in [4.78, 5) is 49.8. The van der Waals surface area contributed by atoms with Crippen LogP contribution >= 0.6 is 0 Å². The standard InChI is InChI=1S/C21H32N4O6/c1-12(2)8-14(18(27)21(4)6-7-21)23-17(26)10-22-19(28)16(11-30-5)24-20(29)15-9-13(3)31-25-15/h9,12,14,16H,6-8,10-11H2,1-5H3,(H,22,28)(H,23,26)(H,24,29)/t14-,16-/m0/s1. The van der Waals surface area contributed by atoms with Gasteiger partial charge in [0.05, 0.1) is 19.2 Å². The lowest BCUT2D eigenvalue weighted by Crippen LogP contribution is -2.52. The number of rotatable bonds is 12. The summed E-state index contributed by atoms with van der Waals surface area (Å²) in [7, 11) is 1.39.